The van der Waals surface area contributed by atoms with Crippen molar-refractivity contribution in [2.75, 3.05) is 12.4 Å². The van der Waals surface area contributed by atoms with Crippen LogP contribution in [0, 0.1) is 12.7 Å². The molecule has 0 saturated heterocycles. The lowest BCUT2D eigenvalue weighted by atomic mass is 10.2. The van der Waals surface area contributed by atoms with E-state index in [4.69, 9.17) is 0 Å². The Bertz CT molecular complexity index is 404. The summed E-state index contributed by atoms with van der Waals surface area (Å²) >= 11 is 0. The maximum absolute atomic E-state index is 13.0. The van der Waals surface area contributed by atoms with Crippen molar-refractivity contribution >= 4 is 17.6 Å². The van der Waals surface area contributed by atoms with Crippen molar-refractivity contribution in [3.05, 3.63) is 29.6 Å². The topological polar surface area (TPSA) is 55.4 Å². The van der Waals surface area contributed by atoms with E-state index in [0.29, 0.717) is 0 Å². The number of anilines is 1. The minimum atomic E-state index is -1.02. The number of amides is 1. The van der Waals surface area contributed by atoms with Gasteiger partial charge in [-0.3, -0.25) is 4.79 Å². The fourth-order valence-corrected chi connectivity index (χ4v) is 1.01. The van der Waals surface area contributed by atoms with Crippen LogP contribution in [0.2, 0.25) is 0 Å². The molecule has 1 rings (SSSR count). The van der Waals surface area contributed by atoms with Crippen molar-refractivity contribution < 1.29 is 18.7 Å². The first-order valence-corrected chi connectivity index (χ1v) is 4.20. The molecule has 5 heteroatoms. The highest BCUT2D eigenvalue weighted by Gasteiger charge is 2.15. The van der Waals surface area contributed by atoms with E-state index in [1.54, 1.807) is 0 Å². The van der Waals surface area contributed by atoms with Crippen molar-refractivity contribution in [2.24, 2.45) is 0 Å². The van der Waals surface area contributed by atoms with Gasteiger partial charge in [0, 0.05) is 11.3 Å². The van der Waals surface area contributed by atoms with Gasteiger partial charge in [-0.2, -0.15) is 0 Å². The number of nitrogens with one attached hydrogen (secondary N) is 1. The summed E-state index contributed by atoms with van der Waals surface area (Å²) in [5.41, 5.74) is 0.528. The minimum Gasteiger partial charge on any atom is -0.462 e. The van der Waals surface area contributed by atoms with Crippen LogP contribution in [0.3, 0.4) is 0 Å². The second-order valence-corrected chi connectivity index (χ2v) is 2.86. The summed E-state index contributed by atoms with van der Waals surface area (Å²) in [7, 11) is 1.10. The molecule has 0 radical (unpaired) electrons. The second-order valence-electron chi connectivity index (χ2n) is 2.86. The lowest BCUT2D eigenvalue weighted by Gasteiger charge is -2.07. The highest BCUT2D eigenvalue weighted by Crippen LogP contribution is 2.17. The van der Waals surface area contributed by atoms with Gasteiger partial charge in [-0.25, -0.2) is 9.18 Å². The van der Waals surface area contributed by atoms with E-state index < -0.39 is 17.7 Å². The number of ether oxygens (including phenoxy) is 1. The molecule has 0 atom stereocenters. The van der Waals surface area contributed by atoms with Gasteiger partial charge >= 0.3 is 11.9 Å². The molecule has 1 N–H and O–H groups in total. The quantitative estimate of drug-likeness (QED) is 0.561. The molecule has 0 heterocycles. The molecule has 1 amide bonds. The molecule has 0 aliphatic carbocycles. The van der Waals surface area contributed by atoms with Crippen molar-refractivity contribution in [2.45, 2.75) is 6.92 Å². The number of carbonyl (C=O) groups excluding carboxylic acids is 2. The van der Waals surface area contributed by atoms with Crippen molar-refractivity contribution in [1.82, 2.24) is 0 Å². The van der Waals surface area contributed by atoms with E-state index in [1.807, 2.05) is 0 Å². The Morgan fingerprint density at radius 2 is 2.07 bits per heavy atom. The Hall–Kier alpha value is -1.91. The number of carbonyl (C=O) groups is 2. The van der Waals surface area contributed by atoms with E-state index in [1.165, 1.54) is 25.1 Å². The normalized spacial score (nSPS) is 9.53. The van der Waals surface area contributed by atoms with Gasteiger partial charge in [0.05, 0.1) is 7.11 Å². The van der Waals surface area contributed by atoms with Gasteiger partial charge in [0.25, 0.3) is 0 Å². The van der Waals surface area contributed by atoms with Crippen LogP contribution in [0.15, 0.2) is 18.2 Å². The van der Waals surface area contributed by atoms with Gasteiger partial charge in [-0.15, -0.1) is 0 Å². The molecule has 4 nitrogen and oxygen atoms in total. The molecule has 0 bridgehead atoms. The Balaban J connectivity index is 2.86. The number of hydrogen-bond acceptors (Lipinski definition) is 3. The van der Waals surface area contributed by atoms with Gasteiger partial charge in [0.15, 0.2) is 0 Å². The minimum absolute atomic E-state index is 0.255. The van der Waals surface area contributed by atoms with Crippen molar-refractivity contribution in [1.29, 1.82) is 0 Å². The Labute approximate surface area is 86.0 Å². The maximum atomic E-state index is 13.0. The highest BCUT2D eigenvalue weighted by molar-refractivity contribution is 6.37. The fourth-order valence-electron chi connectivity index (χ4n) is 1.01. The smallest absolute Gasteiger partial charge is 0.396 e. The molecule has 0 unspecified atom stereocenters. The first-order valence-electron chi connectivity index (χ1n) is 4.20. The molecular formula is C10H10FNO3. The number of hydrogen-bond donors (Lipinski definition) is 1. The van der Waals surface area contributed by atoms with E-state index in [2.05, 4.69) is 10.1 Å². The largest absolute Gasteiger partial charge is 0.462 e. The third kappa shape index (κ3) is 2.52. The molecule has 0 saturated carbocycles. The SMILES string of the molecule is COC(=O)C(=O)Nc1cccc(F)c1C. The highest BCUT2D eigenvalue weighted by atomic mass is 19.1. The van der Waals surface area contributed by atoms with E-state index in [9.17, 15) is 14.0 Å². The first kappa shape index (κ1) is 11.2. The maximum Gasteiger partial charge on any atom is 0.396 e. The Kier molecular flexibility index (Phi) is 3.38. The summed E-state index contributed by atoms with van der Waals surface area (Å²) < 4.78 is 17.3. The monoisotopic (exact) mass is 211 g/mol. The van der Waals surface area contributed by atoms with Crippen LogP contribution >= 0.6 is 0 Å². The summed E-state index contributed by atoms with van der Waals surface area (Å²) in [5.74, 6) is -2.39. The van der Waals surface area contributed by atoms with Gasteiger partial charge in [-0.05, 0) is 19.1 Å². The van der Waals surface area contributed by atoms with Crippen LogP contribution < -0.4 is 5.32 Å². The average molecular weight is 211 g/mol. The molecule has 0 spiro atoms. The summed E-state index contributed by atoms with van der Waals surface area (Å²) in [4.78, 5) is 21.9. The Morgan fingerprint density at radius 3 is 2.67 bits per heavy atom. The number of esters is 1. The number of rotatable bonds is 1. The van der Waals surface area contributed by atoms with Crippen LogP contribution in [0.4, 0.5) is 10.1 Å². The molecule has 0 aliphatic rings. The van der Waals surface area contributed by atoms with Crippen LogP contribution in [-0.4, -0.2) is 19.0 Å². The number of halogens is 1. The second kappa shape index (κ2) is 4.54. The fraction of sp³-hybridized carbons (Fsp3) is 0.200. The Morgan fingerprint density at radius 1 is 1.40 bits per heavy atom. The van der Waals surface area contributed by atoms with Crippen molar-refractivity contribution in [3.63, 3.8) is 0 Å². The molecule has 1 aromatic carbocycles. The molecule has 0 aromatic heterocycles. The third-order valence-electron chi connectivity index (χ3n) is 1.89. The zero-order chi connectivity index (χ0) is 11.4. The third-order valence-corrected chi connectivity index (χ3v) is 1.89. The summed E-state index contributed by atoms with van der Waals surface area (Å²) in [6.07, 6.45) is 0. The van der Waals surface area contributed by atoms with Crippen LogP contribution in [0.5, 0.6) is 0 Å². The zero-order valence-corrected chi connectivity index (χ0v) is 8.33. The summed E-state index contributed by atoms with van der Waals surface area (Å²) in [5, 5.41) is 2.25. The number of methoxy groups -OCH3 is 1. The lowest BCUT2D eigenvalue weighted by molar-refractivity contribution is -0.150. The predicted molar refractivity (Wildman–Crippen MR) is 51.8 cm³/mol. The molecule has 1 aromatic rings. The van der Waals surface area contributed by atoms with Gasteiger partial charge in [0.1, 0.15) is 5.82 Å². The van der Waals surface area contributed by atoms with Crippen LogP contribution in [0.1, 0.15) is 5.56 Å². The van der Waals surface area contributed by atoms with E-state index in [-0.39, 0.29) is 11.3 Å². The first-order chi connectivity index (χ1) is 7.06. The standard InChI is InChI=1S/C10H10FNO3/c1-6-7(11)4-3-5-8(6)12-9(13)10(14)15-2/h3-5H,1-2H3,(H,12,13). The number of benzene rings is 1. The molecule has 80 valence electrons. The van der Waals surface area contributed by atoms with Gasteiger partial charge < -0.3 is 10.1 Å². The molecular weight excluding hydrogens is 201 g/mol. The predicted octanol–water partition coefficient (Wildman–Crippen LogP) is 1.25. The summed E-state index contributed by atoms with van der Waals surface area (Å²) in [6.45, 7) is 1.50. The lowest BCUT2D eigenvalue weighted by Crippen LogP contribution is -2.24. The average Bonchev–Trinajstić information content (AvgIpc) is 2.23. The van der Waals surface area contributed by atoms with Gasteiger partial charge in [0.2, 0.25) is 0 Å². The van der Waals surface area contributed by atoms with Gasteiger partial charge in [-0.1, -0.05) is 6.07 Å². The molecule has 0 fully saturated rings. The zero-order valence-electron chi connectivity index (χ0n) is 8.33. The summed E-state index contributed by atoms with van der Waals surface area (Å²) in [6, 6.07) is 4.21. The molecule has 15 heavy (non-hydrogen) atoms. The van der Waals surface area contributed by atoms with Crippen molar-refractivity contribution in [3.8, 4) is 0 Å². The van der Waals surface area contributed by atoms with Crippen LogP contribution in [0.25, 0.3) is 0 Å². The molecule has 0 aliphatic heterocycles. The van der Waals surface area contributed by atoms with Crippen LogP contribution in [-0.2, 0) is 14.3 Å². The van der Waals surface area contributed by atoms with E-state index >= 15 is 0 Å². The van der Waals surface area contributed by atoms with E-state index in [0.717, 1.165) is 7.11 Å².